The van der Waals surface area contributed by atoms with Gasteiger partial charge >= 0.3 is 5.97 Å². The highest BCUT2D eigenvalue weighted by molar-refractivity contribution is 5.80. The fraction of sp³-hybridized carbons (Fsp3) is 0.583. The van der Waals surface area contributed by atoms with Crippen LogP contribution in [-0.2, 0) is 4.79 Å². The van der Waals surface area contributed by atoms with Crippen molar-refractivity contribution in [1.29, 1.82) is 0 Å². The average Bonchev–Trinajstić information content (AvgIpc) is 2.21. The molecule has 4 nitrogen and oxygen atoms in total. The van der Waals surface area contributed by atoms with Gasteiger partial charge in [0.1, 0.15) is 5.60 Å². The van der Waals surface area contributed by atoms with Gasteiger partial charge in [-0.1, -0.05) is 31.6 Å². The molecule has 4 heteroatoms. The van der Waals surface area contributed by atoms with E-state index in [0.29, 0.717) is 6.42 Å². The Balaban J connectivity index is 2.71. The van der Waals surface area contributed by atoms with Gasteiger partial charge in [0.25, 0.3) is 0 Å². The summed E-state index contributed by atoms with van der Waals surface area (Å²) in [6.07, 6.45) is 6.86. The molecule has 90 valence electrons. The van der Waals surface area contributed by atoms with Crippen LogP contribution < -0.4 is 0 Å². The van der Waals surface area contributed by atoms with Crippen LogP contribution in [0.3, 0.4) is 0 Å². The second-order valence-corrected chi connectivity index (χ2v) is 4.29. The van der Waals surface area contributed by atoms with Crippen molar-refractivity contribution in [3.05, 3.63) is 24.3 Å². The summed E-state index contributed by atoms with van der Waals surface area (Å²) in [6, 6.07) is 0. The Morgan fingerprint density at radius 1 is 1.38 bits per heavy atom. The molecule has 3 atom stereocenters. The quantitative estimate of drug-likeness (QED) is 0.497. The Kier molecular flexibility index (Phi) is 4.26. The minimum absolute atomic E-state index is 0.0225. The maximum absolute atomic E-state index is 10.3. The van der Waals surface area contributed by atoms with Crippen molar-refractivity contribution in [1.82, 2.24) is 0 Å². The third-order valence-corrected chi connectivity index (χ3v) is 3.15. The Bertz CT molecular complexity index is 296. The lowest BCUT2D eigenvalue weighted by molar-refractivity contribution is -0.131. The molecule has 1 aliphatic rings. The molecule has 0 radical (unpaired) electrons. The van der Waals surface area contributed by atoms with Crippen LogP contribution in [0.1, 0.15) is 26.2 Å². The molecule has 0 spiro atoms. The highest BCUT2D eigenvalue weighted by Gasteiger charge is 2.40. The SMILES string of the molecule is C[C@H]1CCC[C@H](O)[C@@]1(O)/C=C/C=C\C(=O)O. The van der Waals surface area contributed by atoms with Gasteiger partial charge in [-0.15, -0.1) is 0 Å². The lowest BCUT2D eigenvalue weighted by atomic mass is 9.74. The van der Waals surface area contributed by atoms with Gasteiger partial charge in [0, 0.05) is 6.08 Å². The summed E-state index contributed by atoms with van der Waals surface area (Å²) in [6.45, 7) is 1.88. The number of carbonyl (C=O) groups is 1. The van der Waals surface area contributed by atoms with E-state index in [0.717, 1.165) is 18.9 Å². The number of allylic oxidation sites excluding steroid dienone is 2. The van der Waals surface area contributed by atoms with Crippen LogP contribution in [0.2, 0.25) is 0 Å². The lowest BCUT2D eigenvalue weighted by Crippen LogP contribution is -2.48. The summed E-state index contributed by atoms with van der Waals surface area (Å²) in [5.41, 5.74) is -1.24. The third kappa shape index (κ3) is 2.93. The highest BCUT2D eigenvalue weighted by Crippen LogP contribution is 2.34. The lowest BCUT2D eigenvalue weighted by Gasteiger charge is -2.39. The number of hydrogen-bond acceptors (Lipinski definition) is 3. The zero-order valence-electron chi connectivity index (χ0n) is 9.34. The molecule has 0 saturated heterocycles. The van der Waals surface area contributed by atoms with Gasteiger partial charge < -0.3 is 15.3 Å². The number of rotatable bonds is 3. The summed E-state index contributed by atoms with van der Waals surface area (Å²) in [7, 11) is 0. The second-order valence-electron chi connectivity index (χ2n) is 4.29. The van der Waals surface area contributed by atoms with Crippen molar-refractivity contribution in [3.63, 3.8) is 0 Å². The van der Waals surface area contributed by atoms with Gasteiger partial charge in [-0.05, 0) is 18.8 Å². The molecule has 0 aromatic rings. The summed E-state index contributed by atoms with van der Waals surface area (Å²) >= 11 is 0. The van der Waals surface area contributed by atoms with Crippen molar-refractivity contribution in [2.24, 2.45) is 5.92 Å². The maximum atomic E-state index is 10.3. The van der Waals surface area contributed by atoms with E-state index < -0.39 is 17.7 Å². The summed E-state index contributed by atoms with van der Waals surface area (Å²) in [5, 5.41) is 28.4. The molecule has 0 unspecified atom stereocenters. The first-order chi connectivity index (χ1) is 7.47. The van der Waals surface area contributed by atoms with Crippen molar-refractivity contribution >= 4 is 5.97 Å². The smallest absolute Gasteiger partial charge is 0.328 e. The summed E-state index contributed by atoms with van der Waals surface area (Å²) < 4.78 is 0. The van der Waals surface area contributed by atoms with Gasteiger partial charge in [-0.25, -0.2) is 4.79 Å². The Hall–Kier alpha value is -1.13. The van der Waals surface area contributed by atoms with Gasteiger partial charge in [-0.2, -0.15) is 0 Å². The molecule has 0 aliphatic heterocycles. The van der Waals surface area contributed by atoms with E-state index in [2.05, 4.69) is 0 Å². The largest absolute Gasteiger partial charge is 0.478 e. The van der Waals surface area contributed by atoms with Crippen LogP contribution in [-0.4, -0.2) is 33.0 Å². The predicted molar refractivity (Wildman–Crippen MR) is 59.9 cm³/mol. The number of aliphatic hydroxyl groups is 2. The zero-order valence-corrected chi connectivity index (χ0v) is 9.34. The Morgan fingerprint density at radius 3 is 2.62 bits per heavy atom. The average molecular weight is 226 g/mol. The molecule has 1 aliphatic carbocycles. The Labute approximate surface area is 94.9 Å². The minimum Gasteiger partial charge on any atom is -0.478 e. The molecule has 0 amide bonds. The van der Waals surface area contributed by atoms with E-state index in [1.165, 1.54) is 18.2 Å². The molecule has 0 aromatic heterocycles. The van der Waals surface area contributed by atoms with E-state index >= 15 is 0 Å². The highest BCUT2D eigenvalue weighted by atomic mass is 16.4. The van der Waals surface area contributed by atoms with Crippen LogP contribution in [0.4, 0.5) is 0 Å². The molecule has 1 rings (SSSR count). The van der Waals surface area contributed by atoms with Gasteiger partial charge in [0.15, 0.2) is 0 Å². The van der Waals surface area contributed by atoms with E-state index in [4.69, 9.17) is 5.11 Å². The zero-order chi connectivity index (χ0) is 12.2. The summed E-state index contributed by atoms with van der Waals surface area (Å²) in [4.78, 5) is 10.2. The standard InChI is InChI=1S/C12H18O4/c1-9-5-4-6-10(13)12(9,16)8-3-2-7-11(14)15/h2-3,7-10,13,16H,4-6H2,1H3,(H,14,15)/b7-2-,8-3+/t9-,10-,12+/m0/s1. The van der Waals surface area contributed by atoms with Gasteiger partial charge in [-0.3, -0.25) is 0 Å². The van der Waals surface area contributed by atoms with E-state index in [-0.39, 0.29) is 5.92 Å². The first-order valence-electron chi connectivity index (χ1n) is 5.46. The van der Waals surface area contributed by atoms with Crippen LogP contribution in [0.15, 0.2) is 24.3 Å². The Morgan fingerprint density at radius 2 is 2.06 bits per heavy atom. The molecule has 0 heterocycles. The van der Waals surface area contributed by atoms with Crippen molar-refractivity contribution in [2.45, 2.75) is 37.9 Å². The fourth-order valence-corrected chi connectivity index (χ4v) is 2.03. The maximum Gasteiger partial charge on any atom is 0.328 e. The third-order valence-electron chi connectivity index (χ3n) is 3.15. The van der Waals surface area contributed by atoms with Crippen molar-refractivity contribution in [3.8, 4) is 0 Å². The molecule has 16 heavy (non-hydrogen) atoms. The number of aliphatic carboxylic acids is 1. The van der Waals surface area contributed by atoms with E-state index in [9.17, 15) is 15.0 Å². The van der Waals surface area contributed by atoms with Crippen LogP contribution in [0.25, 0.3) is 0 Å². The molecule has 1 fully saturated rings. The second kappa shape index (κ2) is 5.27. The first-order valence-corrected chi connectivity index (χ1v) is 5.46. The normalized spacial score (nSPS) is 35.9. The van der Waals surface area contributed by atoms with Crippen LogP contribution >= 0.6 is 0 Å². The first kappa shape index (κ1) is 12.9. The number of carboxylic acid groups (broad SMARTS) is 1. The number of carboxylic acids is 1. The van der Waals surface area contributed by atoms with Crippen molar-refractivity contribution in [2.75, 3.05) is 0 Å². The number of aliphatic hydroxyl groups excluding tert-OH is 1. The summed E-state index contributed by atoms with van der Waals surface area (Å²) in [5.74, 6) is -1.06. The van der Waals surface area contributed by atoms with Crippen LogP contribution in [0, 0.1) is 5.92 Å². The van der Waals surface area contributed by atoms with Gasteiger partial charge in [0.2, 0.25) is 0 Å². The van der Waals surface area contributed by atoms with Gasteiger partial charge in [0.05, 0.1) is 6.10 Å². The minimum atomic E-state index is -1.24. The molecular formula is C12H18O4. The van der Waals surface area contributed by atoms with E-state index in [1.54, 1.807) is 0 Å². The molecule has 1 saturated carbocycles. The number of hydrogen-bond donors (Lipinski definition) is 3. The molecule has 0 aromatic carbocycles. The van der Waals surface area contributed by atoms with E-state index in [1.807, 2.05) is 6.92 Å². The topological polar surface area (TPSA) is 77.8 Å². The van der Waals surface area contributed by atoms with Crippen LogP contribution in [0.5, 0.6) is 0 Å². The fourth-order valence-electron chi connectivity index (χ4n) is 2.03. The van der Waals surface area contributed by atoms with Crippen molar-refractivity contribution < 1.29 is 20.1 Å². The molecular weight excluding hydrogens is 208 g/mol. The molecule has 3 N–H and O–H groups in total. The molecule has 0 bridgehead atoms. The monoisotopic (exact) mass is 226 g/mol. The predicted octanol–water partition coefficient (Wildman–Crippen LogP) is 1.10.